The molecule has 4 rings (SSSR count). The molecule has 0 saturated carbocycles. The quantitative estimate of drug-likeness (QED) is 0.387. The van der Waals surface area contributed by atoms with Crippen LogP contribution in [-0.4, -0.2) is 45.5 Å². The smallest absolute Gasteiger partial charge is 0.271 e. The number of amides is 2. The molecular weight excluding hydrogens is 524 g/mol. The summed E-state index contributed by atoms with van der Waals surface area (Å²) in [5, 5.41) is 1.65. The fourth-order valence-corrected chi connectivity index (χ4v) is 7.43. The SMILES string of the molecule is Cc1ccc(S(=O)(=O)N2CCCC2C(=O)NNC(=O)c2ccc(NS(=O)(=O)c3cccs3)cc2)cc1. The Hall–Kier alpha value is -3.26. The number of aryl methyl sites for hydroxylation is 1. The molecule has 0 bridgehead atoms. The van der Waals surface area contributed by atoms with E-state index in [1.165, 1.54) is 42.5 Å². The van der Waals surface area contributed by atoms with Gasteiger partial charge in [-0.15, -0.1) is 11.3 Å². The Kier molecular flexibility index (Phi) is 7.45. The molecule has 1 fully saturated rings. The van der Waals surface area contributed by atoms with Crippen LogP contribution in [0.5, 0.6) is 0 Å². The summed E-state index contributed by atoms with van der Waals surface area (Å²) < 4.78 is 54.4. The maximum Gasteiger partial charge on any atom is 0.271 e. The minimum atomic E-state index is -3.87. The lowest BCUT2D eigenvalue weighted by molar-refractivity contribution is -0.125. The highest BCUT2D eigenvalue weighted by molar-refractivity contribution is 7.94. The molecule has 10 nitrogen and oxygen atoms in total. The second kappa shape index (κ2) is 10.4. The third-order valence-corrected chi connectivity index (χ3v) is 10.3. The van der Waals surface area contributed by atoms with E-state index in [9.17, 15) is 26.4 Å². The molecule has 2 heterocycles. The molecule has 36 heavy (non-hydrogen) atoms. The van der Waals surface area contributed by atoms with Crippen LogP contribution in [0.15, 0.2) is 75.1 Å². The topological polar surface area (TPSA) is 142 Å². The predicted octanol–water partition coefficient (Wildman–Crippen LogP) is 2.47. The molecule has 0 aliphatic carbocycles. The lowest BCUT2D eigenvalue weighted by atomic mass is 10.2. The van der Waals surface area contributed by atoms with E-state index in [-0.39, 0.29) is 26.9 Å². The van der Waals surface area contributed by atoms with Crippen LogP contribution in [0.2, 0.25) is 0 Å². The van der Waals surface area contributed by atoms with Crippen molar-refractivity contribution in [3.63, 3.8) is 0 Å². The third-order valence-electron chi connectivity index (χ3n) is 5.59. The van der Waals surface area contributed by atoms with Crippen molar-refractivity contribution in [2.45, 2.75) is 34.9 Å². The Bertz CT molecular complexity index is 1450. The maximum atomic E-state index is 13.0. The summed E-state index contributed by atoms with van der Waals surface area (Å²) in [6.07, 6.45) is 0.839. The van der Waals surface area contributed by atoms with E-state index in [1.54, 1.807) is 23.6 Å². The Morgan fingerprint density at radius 3 is 2.28 bits per heavy atom. The highest BCUT2D eigenvalue weighted by Gasteiger charge is 2.39. The second-order valence-corrected chi connectivity index (χ2v) is 12.9. The van der Waals surface area contributed by atoms with Crippen molar-refractivity contribution >= 4 is 48.9 Å². The summed E-state index contributed by atoms with van der Waals surface area (Å²) in [5.41, 5.74) is 5.95. The Morgan fingerprint density at radius 2 is 1.64 bits per heavy atom. The number of carbonyl (C=O) groups excluding carboxylic acids is 2. The van der Waals surface area contributed by atoms with Crippen molar-refractivity contribution in [3.8, 4) is 0 Å². The van der Waals surface area contributed by atoms with Gasteiger partial charge < -0.3 is 0 Å². The summed E-state index contributed by atoms with van der Waals surface area (Å²) in [5.74, 6) is -1.28. The zero-order valence-electron chi connectivity index (χ0n) is 19.2. The number of hydrogen-bond donors (Lipinski definition) is 3. The minimum Gasteiger partial charge on any atom is -0.279 e. The van der Waals surface area contributed by atoms with Gasteiger partial charge in [0.25, 0.3) is 21.8 Å². The van der Waals surface area contributed by atoms with Gasteiger partial charge in [0.1, 0.15) is 10.3 Å². The average molecular weight is 549 g/mol. The highest BCUT2D eigenvalue weighted by atomic mass is 32.2. The molecule has 3 N–H and O–H groups in total. The van der Waals surface area contributed by atoms with Crippen LogP contribution in [0.25, 0.3) is 0 Å². The van der Waals surface area contributed by atoms with Crippen molar-refractivity contribution in [3.05, 3.63) is 77.2 Å². The summed E-state index contributed by atoms with van der Waals surface area (Å²) in [7, 11) is -7.59. The molecule has 3 aromatic rings. The fraction of sp³-hybridized carbons (Fsp3) is 0.217. The van der Waals surface area contributed by atoms with Crippen molar-refractivity contribution in [1.82, 2.24) is 15.2 Å². The van der Waals surface area contributed by atoms with E-state index >= 15 is 0 Å². The number of carbonyl (C=O) groups is 2. The molecule has 1 atom stereocenters. The average Bonchev–Trinajstić information content (AvgIpc) is 3.56. The Morgan fingerprint density at radius 1 is 0.944 bits per heavy atom. The van der Waals surface area contributed by atoms with Gasteiger partial charge in [0.05, 0.1) is 4.90 Å². The van der Waals surface area contributed by atoms with E-state index in [0.29, 0.717) is 12.8 Å². The maximum absolute atomic E-state index is 13.0. The molecule has 1 unspecified atom stereocenters. The molecule has 2 aromatic carbocycles. The first kappa shape index (κ1) is 25.8. The Balaban J connectivity index is 1.36. The van der Waals surface area contributed by atoms with Gasteiger partial charge in [-0.1, -0.05) is 23.8 Å². The van der Waals surface area contributed by atoms with Gasteiger partial charge in [-0.2, -0.15) is 4.31 Å². The van der Waals surface area contributed by atoms with Crippen molar-refractivity contribution in [2.75, 3.05) is 11.3 Å². The number of hydrogen-bond acceptors (Lipinski definition) is 7. The van der Waals surface area contributed by atoms with Gasteiger partial charge in [0.15, 0.2) is 0 Å². The summed E-state index contributed by atoms with van der Waals surface area (Å²) in [4.78, 5) is 25.3. The number of rotatable bonds is 7. The van der Waals surface area contributed by atoms with Gasteiger partial charge >= 0.3 is 0 Å². The third kappa shape index (κ3) is 5.59. The standard InChI is InChI=1S/C23H24N4O6S3/c1-16-6-12-19(13-7-16)36(32,33)27-14-2-4-20(27)23(29)25-24-22(28)17-8-10-18(11-9-17)26-35(30,31)21-5-3-15-34-21/h3,5-13,15,20,26H,2,4,14H2,1H3,(H,24,28)(H,25,29). The van der Waals surface area contributed by atoms with Crippen LogP contribution in [0.4, 0.5) is 5.69 Å². The fourth-order valence-electron chi connectivity index (χ4n) is 3.72. The zero-order chi connectivity index (χ0) is 25.9. The molecule has 1 aliphatic rings. The number of hydrazine groups is 1. The molecule has 0 spiro atoms. The molecule has 2 amide bonds. The molecule has 1 aromatic heterocycles. The van der Waals surface area contributed by atoms with Gasteiger partial charge in [-0.25, -0.2) is 16.8 Å². The van der Waals surface area contributed by atoms with Crippen LogP contribution in [0.3, 0.4) is 0 Å². The van der Waals surface area contributed by atoms with E-state index < -0.39 is 37.9 Å². The van der Waals surface area contributed by atoms with Crippen LogP contribution in [-0.2, 0) is 24.8 Å². The molecular formula is C23H24N4O6S3. The van der Waals surface area contributed by atoms with Crippen LogP contribution in [0.1, 0.15) is 28.8 Å². The first-order valence-electron chi connectivity index (χ1n) is 10.9. The molecule has 1 saturated heterocycles. The lowest BCUT2D eigenvalue weighted by Crippen LogP contribution is -2.51. The van der Waals surface area contributed by atoms with E-state index in [2.05, 4.69) is 15.6 Å². The molecule has 190 valence electrons. The minimum absolute atomic E-state index is 0.103. The summed E-state index contributed by atoms with van der Waals surface area (Å²) in [6.45, 7) is 2.05. The number of nitrogens with one attached hydrogen (secondary N) is 3. The van der Waals surface area contributed by atoms with Gasteiger partial charge in [0, 0.05) is 17.8 Å². The molecule has 13 heteroatoms. The van der Waals surface area contributed by atoms with Crippen molar-refractivity contribution < 1.29 is 26.4 Å². The van der Waals surface area contributed by atoms with Crippen LogP contribution in [0, 0.1) is 6.92 Å². The predicted molar refractivity (Wildman–Crippen MR) is 135 cm³/mol. The number of anilines is 1. The van der Waals surface area contributed by atoms with Gasteiger partial charge in [0.2, 0.25) is 10.0 Å². The number of nitrogens with zero attached hydrogens (tertiary/aromatic N) is 1. The molecule has 0 radical (unpaired) electrons. The zero-order valence-corrected chi connectivity index (χ0v) is 21.6. The Labute approximate surface area is 213 Å². The van der Waals surface area contributed by atoms with Crippen molar-refractivity contribution in [1.29, 1.82) is 0 Å². The lowest BCUT2D eigenvalue weighted by Gasteiger charge is -2.23. The van der Waals surface area contributed by atoms with Gasteiger partial charge in [-0.05, 0) is 67.6 Å². The van der Waals surface area contributed by atoms with Crippen LogP contribution < -0.4 is 15.6 Å². The van der Waals surface area contributed by atoms with Gasteiger partial charge in [-0.3, -0.25) is 25.2 Å². The normalized spacial score (nSPS) is 16.4. The van der Waals surface area contributed by atoms with Crippen molar-refractivity contribution in [2.24, 2.45) is 0 Å². The highest BCUT2D eigenvalue weighted by Crippen LogP contribution is 2.26. The van der Waals surface area contributed by atoms with E-state index in [4.69, 9.17) is 0 Å². The summed E-state index contributed by atoms with van der Waals surface area (Å²) >= 11 is 1.08. The second-order valence-electron chi connectivity index (χ2n) is 8.15. The first-order chi connectivity index (χ1) is 17.1. The monoisotopic (exact) mass is 548 g/mol. The number of benzene rings is 2. The van der Waals surface area contributed by atoms with E-state index in [1.807, 2.05) is 6.92 Å². The largest absolute Gasteiger partial charge is 0.279 e. The number of thiophene rings is 1. The number of sulfonamides is 2. The summed E-state index contributed by atoms with van der Waals surface area (Å²) in [6, 6.07) is 14.2. The van der Waals surface area contributed by atoms with E-state index in [0.717, 1.165) is 21.2 Å². The molecule has 1 aliphatic heterocycles. The first-order valence-corrected chi connectivity index (χ1v) is 14.7. The van der Waals surface area contributed by atoms with Crippen LogP contribution >= 0.6 is 11.3 Å².